The summed E-state index contributed by atoms with van der Waals surface area (Å²) in [5.74, 6) is -0.117. The Morgan fingerprint density at radius 1 is 0.957 bits per heavy atom. The zero-order valence-corrected chi connectivity index (χ0v) is 13.6. The second-order valence-electron chi connectivity index (χ2n) is 6.00. The van der Waals surface area contributed by atoms with Gasteiger partial charge in [0.05, 0.1) is 5.69 Å². The van der Waals surface area contributed by atoms with Crippen molar-refractivity contribution in [3.05, 3.63) is 66.1 Å². The van der Waals surface area contributed by atoms with E-state index in [1.165, 1.54) is 19.3 Å². The smallest absolute Gasteiger partial charge is 0.127 e. The Hall–Kier alpha value is -2.22. The van der Waals surface area contributed by atoms with Gasteiger partial charge in [0, 0.05) is 17.1 Å². The molecule has 0 saturated carbocycles. The molecule has 3 aromatic rings. The molecule has 0 fully saturated rings. The van der Waals surface area contributed by atoms with Gasteiger partial charge in [0.25, 0.3) is 0 Å². The standard InChI is InChI=1S/C21H22FN/c1-2-3-4-5-9-17-11-12-18(15-20(17)22)21-19-10-7-6-8-16(19)13-14-23-21/h6-8,10-15H,2-5,9H2,1H3. The van der Waals surface area contributed by atoms with Crippen molar-refractivity contribution in [2.24, 2.45) is 0 Å². The number of nitrogens with zero attached hydrogens (tertiary/aromatic N) is 1. The normalized spacial score (nSPS) is 11.0. The monoisotopic (exact) mass is 307 g/mol. The molecule has 0 N–H and O–H groups in total. The fourth-order valence-electron chi connectivity index (χ4n) is 2.99. The van der Waals surface area contributed by atoms with E-state index in [1.807, 2.05) is 36.4 Å². The summed E-state index contributed by atoms with van der Waals surface area (Å²) >= 11 is 0. The molecule has 2 aromatic carbocycles. The first kappa shape index (κ1) is 15.7. The van der Waals surface area contributed by atoms with Crippen LogP contribution in [0.3, 0.4) is 0 Å². The predicted octanol–water partition coefficient (Wildman–Crippen LogP) is 6.16. The molecular weight excluding hydrogens is 285 g/mol. The number of aryl methyl sites for hydroxylation is 1. The summed E-state index contributed by atoms with van der Waals surface area (Å²) in [5, 5.41) is 2.19. The highest BCUT2D eigenvalue weighted by atomic mass is 19.1. The van der Waals surface area contributed by atoms with E-state index >= 15 is 0 Å². The number of fused-ring (bicyclic) bond motifs is 1. The Labute approximate surface area is 137 Å². The minimum Gasteiger partial charge on any atom is -0.256 e. The van der Waals surface area contributed by atoms with Crippen LogP contribution in [0.4, 0.5) is 4.39 Å². The second-order valence-corrected chi connectivity index (χ2v) is 6.00. The van der Waals surface area contributed by atoms with Crippen LogP contribution in [0.15, 0.2) is 54.7 Å². The highest BCUT2D eigenvalue weighted by Gasteiger charge is 2.09. The van der Waals surface area contributed by atoms with Crippen LogP contribution in [0.25, 0.3) is 22.0 Å². The minimum atomic E-state index is -0.117. The van der Waals surface area contributed by atoms with Crippen LogP contribution >= 0.6 is 0 Å². The van der Waals surface area contributed by atoms with Gasteiger partial charge in [0.2, 0.25) is 0 Å². The third kappa shape index (κ3) is 3.58. The predicted molar refractivity (Wildman–Crippen MR) is 95.0 cm³/mol. The van der Waals surface area contributed by atoms with Gasteiger partial charge in [0.15, 0.2) is 0 Å². The molecule has 0 aliphatic carbocycles. The SMILES string of the molecule is CCCCCCc1ccc(-c2nccc3ccccc23)cc1F. The molecule has 23 heavy (non-hydrogen) atoms. The lowest BCUT2D eigenvalue weighted by molar-refractivity contribution is 0.594. The van der Waals surface area contributed by atoms with Gasteiger partial charge in [-0.1, -0.05) is 62.6 Å². The van der Waals surface area contributed by atoms with Crippen molar-refractivity contribution in [1.82, 2.24) is 4.98 Å². The highest BCUT2D eigenvalue weighted by Crippen LogP contribution is 2.28. The third-order valence-corrected chi connectivity index (χ3v) is 4.30. The maximum Gasteiger partial charge on any atom is 0.127 e. The Balaban J connectivity index is 1.87. The molecule has 0 radical (unpaired) electrons. The fraction of sp³-hybridized carbons (Fsp3) is 0.286. The molecule has 0 saturated heterocycles. The van der Waals surface area contributed by atoms with Crippen molar-refractivity contribution in [2.45, 2.75) is 39.0 Å². The molecule has 0 amide bonds. The zero-order valence-electron chi connectivity index (χ0n) is 13.6. The van der Waals surface area contributed by atoms with Crippen LogP contribution in [0.5, 0.6) is 0 Å². The van der Waals surface area contributed by atoms with Crippen molar-refractivity contribution in [2.75, 3.05) is 0 Å². The van der Waals surface area contributed by atoms with Crippen molar-refractivity contribution < 1.29 is 4.39 Å². The quantitative estimate of drug-likeness (QED) is 0.497. The lowest BCUT2D eigenvalue weighted by Crippen LogP contribution is -1.93. The largest absolute Gasteiger partial charge is 0.256 e. The maximum absolute atomic E-state index is 14.4. The van der Waals surface area contributed by atoms with Crippen molar-refractivity contribution in [1.29, 1.82) is 0 Å². The van der Waals surface area contributed by atoms with E-state index in [-0.39, 0.29) is 5.82 Å². The number of hydrogen-bond acceptors (Lipinski definition) is 1. The molecule has 1 aromatic heterocycles. The second kappa shape index (κ2) is 7.36. The van der Waals surface area contributed by atoms with E-state index in [2.05, 4.69) is 18.0 Å². The summed E-state index contributed by atoms with van der Waals surface area (Å²) in [4.78, 5) is 4.47. The van der Waals surface area contributed by atoms with Gasteiger partial charge in [-0.2, -0.15) is 0 Å². The molecule has 0 unspecified atom stereocenters. The molecule has 118 valence electrons. The van der Waals surface area contributed by atoms with Crippen LogP contribution in [0, 0.1) is 5.82 Å². The van der Waals surface area contributed by atoms with E-state index in [1.54, 1.807) is 12.3 Å². The molecular formula is C21H22FN. The van der Waals surface area contributed by atoms with Gasteiger partial charge in [-0.3, -0.25) is 4.98 Å². The highest BCUT2D eigenvalue weighted by molar-refractivity contribution is 5.94. The summed E-state index contributed by atoms with van der Waals surface area (Å²) < 4.78 is 14.4. The topological polar surface area (TPSA) is 12.9 Å². The van der Waals surface area contributed by atoms with Gasteiger partial charge in [-0.15, -0.1) is 0 Å². The zero-order chi connectivity index (χ0) is 16.1. The minimum absolute atomic E-state index is 0.117. The molecule has 0 spiro atoms. The molecule has 1 nitrogen and oxygen atoms in total. The molecule has 3 rings (SSSR count). The first-order valence-corrected chi connectivity index (χ1v) is 8.42. The number of halogens is 1. The summed E-state index contributed by atoms with van der Waals surface area (Å²) in [7, 11) is 0. The Bertz CT molecular complexity index is 789. The van der Waals surface area contributed by atoms with Gasteiger partial charge in [0.1, 0.15) is 5.82 Å². The van der Waals surface area contributed by atoms with Gasteiger partial charge < -0.3 is 0 Å². The number of pyridine rings is 1. The Morgan fingerprint density at radius 2 is 1.83 bits per heavy atom. The van der Waals surface area contributed by atoms with Crippen molar-refractivity contribution in [3.8, 4) is 11.3 Å². The average molecular weight is 307 g/mol. The van der Waals surface area contributed by atoms with Gasteiger partial charge in [-0.05, 0) is 35.9 Å². The average Bonchev–Trinajstić information content (AvgIpc) is 2.59. The molecule has 0 atom stereocenters. The number of hydrogen-bond donors (Lipinski definition) is 0. The van der Waals surface area contributed by atoms with Crippen LogP contribution < -0.4 is 0 Å². The summed E-state index contributed by atoms with van der Waals surface area (Å²) in [6.45, 7) is 2.19. The van der Waals surface area contributed by atoms with Gasteiger partial charge in [-0.25, -0.2) is 4.39 Å². The van der Waals surface area contributed by atoms with Crippen LogP contribution in [0.2, 0.25) is 0 Å². The van der Waals surface area contributed by atoms with Crippen LogP contribution in [-0.2, 0) is 6.42 Å². The maximum atomic E-state index is 14.4. The number of aromatic nitrogens is 1. The first-order valence-electron chi connectivity index (χ1n) is 8.42. The molecule has 0 aliphatic heterocycles. The molecule has 1 heterocycles. The van der Waals surface area contributed by atoms with E-state index in [4.69, 9.17) is 0 Å². The first-order chi connectivity index (χ1) is 11.3. The van der Waals surface area contributed by atoms with Crippen molar-refractivity contribution >= 4 is 10.8 Å². The Kier molecular flexibility index (Phi) is 5.02. The number of benzene rings is 2. The summed E-state index contributed by atoms with van der Waals surface area (Å²) in [6.07, 6.45) is 7.25. The lowest BCUT2D eigenvalue weighted by atomic mass is 10.00. The van der Waals surface area contributed by atoms with Crippen molar-refractivity contribution in [3.63, 3.8) is 0 Å². The fourth-order valence-corrected chi connectivity index (χ4v) is 2.99. The molecule has 0 aliphatic rings. The van der Waals surface area contributed by atoms with E-state index in [0.29, 0.717) is 0 Å². The summed E-state index contributed by atoms with van der Waals surface area (Å²) in [6, 6.07) is 15.6. The van der Waals surface area contributed by atoms with E-state index in [9.17, 15) is 4.39 Å². The molecule has 0 bridgehead atoms. The van der Waals surface area contributed by atoms with Gasteiger partial charge >= 0.3 is 0 Å². The number of unbranched alkanes of at least 4 members (excludes halogenated alkanes) is 3. The lowest BCUT2D eigenvalue weighted by Gasteiger charge is -2.08. The molecule has 2 heteroatoms. The summed E-state index contributed by atoms with van der Waals surface area (Å²) in [5.41, 5.74) is 2.50. The number of rotatable bonds is 6. The Morgan fingerprint density at radius 3 is 2.65 bits per heavy atom. The van der Waals surface area contributed by atoms with E-state index in [0.717, 1.165) is 40.4 Å². The van der Waals surface area contributed by atoms with Crippen LogP contribution in [-0.4, -0.2) is 4.98 Å². The van der Waals surface area contributed by atoms with E-state index < -0.39 is 0 Å². The third-order valence-electron chi connectivity index (χ3n) is 4.30. The van der Waals surface area contributed by atoms with Crippen LogP contribution in [0.1, 0.15) is 38.2 Å².